The molecule has 1 aromatic heterocycles. The molecule has 19 heavy (non-hydrogen) atoms. The molecule has 2 rings (SSSR count). The van der Waals surface area contributed by atoms with Gasteiger partial charge in [0.15, 0.2) is 0 Å². The first-order chi connectivity index (χ1) is 8.99. The minimum Gasteiger partial charge on any atom is -0.478 e. The predicted molar refractivity (Wildman–Crippen MR) is 73.3 cm³/mol. The molecule has 2 aromatic rings. The molecular weight excluding hydrogens is 244 g/mol. The van der Waals surface area contributed by atoms with Crippen molar-refractivity contribution in [1.82, 2.24) is 4.57 Å². The minimum atomic E-state index is -0.989. The Balaban J connectivity index is 2.90. The second-order valence-electron chi connectivity index (χ2n) is 4.62. The zero-order chi connectivity index (χ0) is 14.2. The number of benzene rings is 1. The number of aromatic carboxylic acids is 1. The summed E-state index contributed by atoms with van der Waals surface area (Å²) in [7, 11) is 0. The molecule has 1 aromatic carbocycles. The van der Waals surface area contributed by atoms with E-state index >= 15 is 0 Å². The highest BCUT2D eigenvalue weighted by Crippen LogP contribution is 2.33. The normalized spacial score (nSPS) is 12.8. The maximum absolute atomic E-state index is 11.4. The third kappa shape index (κ3) is 2.11. The summed E-state index contributed by atoms with van der Waals surface area (Å²) in [4.78, 5) is 11.4. The van der Waals surface area contributed by atoms with Gasteiger partial charge in [0.1, 0.15) is 0 Å². The fourth-order valence-corrected chi connectivity index (χ4v) is 2.66. The summed E-state index contributed by atoms with van der Waals surface area (Å²) in [6.07, 6.45) is -0.720. The van der Waals surface area contributed by atoms with E-state index in [4.69, 9.17) is 5.73 Å². The second kappa shape index (κ2) is 5.03. The van der Waals surface area contributed by atoms with Gasteiger partial charge in [0.25, 0.3) is 0 Å². The SMILES string of the molecule is Cc1c(C(C)O)c2c(C(=O)O)cccc2n1CCN. The smallest absolute Gasteiger partial charge is 0.336 e. The summed E-state index contributed by atoms with van der Waals surface area (Å²) in [6.45, 7) is 4.58. The Labute approximate surface area is 111 Å². The molecule has 0 aliphatic heterocycles. The maximum Gasteiger partial charge on any atom is 0.336 e. The molecule has 0 saturated heterocycles. The summed E-state index contributed by atoms with van der Waals surface area (Å²) in [5.74, 6) is -0.989. The van der Waals surface area contributed by atoms with Crippen LogP contribution in [-0.4, -0.2) is 27.3 Å². The van der Waals surface area contributed by atoms with E-state index in [0.717, 1.165) is 11.2 Å². The Morgan fingerprint density at radius 3 is 2.68 bits per heavy atom. The number of carbonyl (C=O) groups is 1. The number of fused-ring (bicyclic) bond motifs is 1. The van der Waals surface area contributed by atoms with Crippen molar-refractivity contribution < 1.29 is 15.0 Å². The Bertz CT molecular complexity index is 629. The van der Waals surface area contributed by atoms with Gasteiger partial charge < -0.3 is 20.5 Å². The first kappa shape index (κ1) is 13.6. The van der Waals surface area contributed by atoms with E-state index < -0.39 is 12.1 Å². The third-order valence-corrected chi connectivity index (χ3v) is 3.40. The summed E-state index contributed by atoms with van der Waals surface area (Å²) in [5.41, 5.74) is 8.16. The Kier molecular flexibility index (Phi) is 3.59. The van der Waals surface area contributed by atoms with Crippen molar-refractivity contribution in [3.8, 4) is 0 Å². The highest BCUT2D eigenvalue weighted by atomic mass is 16.4. The van der Waals surface area contributed by atoms with Crippen LogP contribution in [0.2, 0.25) is 0 Å². The van der Waals surface area contributed by atoms with Crippen LogP contribution in [0.4, 0.5) is 0 Å². The van der Waals surface area contributed by atoms with Crippen LogP contribution in [-0.2, 0) is 6.54 Å². The molecule has 0 amide bonds. The van der Waals surface area contributed by atoms with E-state index in [0.29, 0.717) is 24.0 Å². The quantitative estimate of drug-likeness (QED) is 0.781. The van der Waals surface area contributed by atoms with Crippen molar-refractivity contribution in [3.05, 3.63) is 35.0 Å². The first-order valence-electron chi connectivity index (χ1n) is 6.22. The average Bonchev–Trinajstić information content (AvgIpc) is 2.62. The molecule has 102 valence electrons. The zero-order valence-corrected chi connectivity index (χ0v) is 11.1. The van der Waals surface area contributed by atoms with E-state index in [-0.39, 0.29) is 5.56 Å². The molecule has 1 atom stereocenters. The van der Waals surface area contributed by atoms with E-state index in [2.05, 4.69) is 0 Å². The number of aliphatic hydroxyl groups excluding tert-OH is 1. The summed E-state index contributed by atoms with van der Waals surface area (Å²) < 4.78 is 1.96. The summed E-state index contributed by atoms with van der Waals surface area (Å²) in [6, 6.07) is 5.13. The molecule has 0 bridgehead atoms. The molecule has 0 saturated carbocycles. The summed E-state index contributed by atoms with van der Waals surface area (Å²) in [5, 5.41) is 19.9. The van der Waals surface area contributed by atoms with E-state index in [1.54, 1.807) is 19.1 Å². The number of nitrogens with two attached hydrogens (primary N) is 1. The van der Waals surface area contributed by atoms with Crippen molar-refractivity contribution in [1.29, 1.82) is 0 Å². The molecule has 0 aliphatic carbocycles. The van der Waals surface area contributed by atoms with Gasteiger partial charge in [-0.25, -0.2) is 4.79 Å². The molecule has 1 heterocycles. The van der Waals surface area contributed by atoms with Crippen molar-refractivity contribution in [2.24, 2.45) is 5.73 Å². The zero-order valence-electron chi connectivity index (χ0n) is 11.1. The Morgan fingerprint density at radius 1 is 1.47 bits per heavy atom. The average molecular weight is 262 g/mol. The number of carboxylic acid groups (broad SMARTS) is 1. The second-order valence-corrected chi connectivity index (χ2v) is 4.62. The van der Waals surface area contributed by atoms with Gasteiger partial charge in [-0.3, -0.25) is 0 Å². The van der Waals surface area contributed by atoms with Crippen molar-refractivity contribution in [2.75, 3.05) is 6.54 Å². The number of hydrogen-bond acceptors (Lipinski definition) is 3. The van der Waals surface area contributed by atoms with Crippen molar-refractivity contribution in [3.63, 3.8) is 0 Å². The van der Waals surface area contributed by atoms with E-state index in [1.807, 2.05) is 17.6 Å². The molecule has 4 N–H and O–H groups in total. The maximum atomic E-state index is 11.4. The molecule has 0 fully saturated rings. The Morgan fingerprint density at radius 2 is 2.16 bits per heavy atom. The Hall–Kier alpha value is -1.85. The number of rotatable bonds is 4. The van der Waals surface area contributed by atoms with E-state index in [1.165, 1.54) is 0 Å². The lowest BCUT2D eigenvalue weighted by atomic mass is 10.0. The minimum absolute atomic E-state index is 0.215. The number of carboxylic acids is 1. The number of hydrogen-bond donors (Lipinski definition) is 3. The lowest BCUT2D eigenvalue weighted by Gasteiger charge is -2.08. The lowest BCUT2D eigenvalue weighted by Crippen LogP contribution is -2.11. The molecule has 1 unspecified atom stereocenters. The fourth-order valence-electron chi connectivity index (χ4n) is 2.66. The van der Waals surface area contributed by atoms with Crippen LogP contribution in [0, 0.1) is 6.92 Å². The van der Waals surface area contributed by atoms with Crippen molar-refractivity contribution >= 4 is 16.9 Å². The topological polar surface area (TPSA) is 88.5 Å². The number of nitrogens with zero attached hydrogens (tertiary/aromatic N) is 1. The molecule has 0 spiro atoms. The van der Waals surface area contributed by atoms with Crippen LogP contribution in [0.3, 0.4) is 0 Å². The molecule has 0 aliphatic rings. The monoisotopic (exact) mass is 262 g/mol. The highest BCUT2D eigenvalue weighted by Gasteiger charge is 2.21. The largest absolute Gasteiger partial charge is 0.478 e. The van der Waals surface area contributed by atoms with Gasteiger partial charge in [-0.1, -0.05) is 6.07 Å². The van der Waals surface area contributed by atoms with Crippen LogP contribution < -0.4 is 5.73 Å². The number of aromatic nitrogens is 1. The van der Waals surface area contributed by atoms with Gasteiger partial charge in [0.2, 0.25) is 0 Å². The van der Waals surface area contributed by atoms with Crippen LogP contribution in [0.15, 0.2) is 18.2 Å². The molecular formula is C14H18N2O3. The van der Waals surface area contributed by atoms with E-state index in [9.17, 15) is 15.0 Å². The third-order valence-electron chi connectivity index (χ3n) is 3.40. The van der Waals surface area contributed by atoms with Crippen molar-refractivity contribution in [2.45, 2.75) is 26.5 Å². The van der Waals surface area contributed by atoms with Gasteiger partial charge in [-0.2, -0.15) is 0 Å². The van der Waals surface area contributed by atoms with Crippen LogP contribution >= 0.6 is 0 Å². The van der Waals surface area contributed by atoms with Gasteiger partial charge in [-0.15, -0.1) is 0 Å². The van der Waals surface area contributed by atoms with Crippen LogP contribution in [0.5, 0.6) is 0 Å². The lowest BCUT2D eigenvalue weighted by molar-refractivity contribution is 0.0699. The summed E-state index contributed by atoms with van der Waals surface area (Å²) >= 11 is 0. The predicted octanol–water partition coefficient (Wildman–Crippen LogP) is 1.66. The fraction of sp³-hybridized carbons (Fsp3) is 0.357. The first-order valence-corrected chi connectivity index (χ1v) is 6.22. The van der Waals surface area contributed by atoms with Crippen LogP contribution in [0.25, 0.3) is 10.9 Å². The molecule has 5 nitrogen and oxygen atoms in total. The van der Waals surface area contributed by atoms with Gasteiger partial charge in [0.05, 0.1) is 11.7 Å². The van der Waals surface area contributed by atoms with Crippen LogP contribution in [0.1, 0.15) is 34.6 Å². The molecule has 5 heteroatoms. The highest BCUT2D eigenvalue weighted by molar-refractivity contribution is 6.05. The van der Waals surface area contributed by atoms with Gasteiger partial charge >= 0.3 is 5.97 Å². The van der Waals surface area contributed by atoms with Gasteiger partial charge in [-0.05, 0) is 26.0 Å². The standard InChI is InChI=1S/C14H18N2O3/c1-8-12(9(2)17)13-10(14(18)19)4-3-5-11(13)16(8)7-6-15/h3-5,9,17H,6-7,15H2,1-2H3,(H,18,19). The number of aliphatic hydroxyl groups is 1. The molecule has 0 radical (unpaired) electrons. The van der Waals surface area contributed by atoms with Gasteiger partial charge in [0, 0.05) is 35.2 Å².